The molecule has 0 unspecified atom stereocenters. The van der Waals surface area contributed by atoms with Gasteiger partial charge in [0.1, 0.15) is 6.29 Å². The third kappa shape index (κ3) is 2.55. The van der Waals surface area contributed by atoms with E-state index in [1.165, 1.54) is 0 Å². The number of carbonyl (C=O) groups is 1. The van der Waals surface area contributed by atoms with Crippen LogP contribution >= 0.6 is 23.2 Å². The SMILES string of the molecule is Cc1nn(Cc2c(Cl)cccc2Cl)c2cc(C=O)ccc12. The van der Waals surface area contributed by atoms with E-state index in [2.05, 4.69) is 5.10 Å². The maximum absolute atomic E-state index is 11.0. The van der Waals surface area contributed by atoms with Crippen LogP contribution in [0.25, 0.3) is 10.9 Å². The second-order valence-electron chi connectivity index (χ2n) is 4.84. The zero-order valence-corrected chi connectivity index (χ0v) is 12.8. The summed E-state index contributed by atoms with van der Waals surface area (Å²) in [5, 5.41) is 6.76. The lowest BCUT2D eigenvalue weighted by atomic mass is 10.1. The van der Waals surface area contributed by atoms with Gasteiger partial charge in [-0.25, -0.2) is 0 Å². The topological polar surface area (TPSA) is 34.9 Å². The van der Waals surface area contributed by atoms with Crippen LogP contribution in [0.4, 0.5) is 0 Å². The molecule has 2 aromatic carbocycles. The Morgan fingerprint density at radius 1 is 1.19 bits per heavy atom. The van der Waals surface area contributed by atoms with Crippen LogP contribution in [0.3, 0.4) is 0 Å². The van der Waals surface area contributed by atoms with Crippen LogP contribution in [-0.2, 0) is 6.54 Å². The summed E-state index contributed by atoms with van der Waals surface area (Å²) in [5.74, 6) is 0. The van der Waals surface area contributed by atoms with E-state index in [4.69, 9.17) is 23.2 Å². The van der Waals surface area contributed by atoms with Crippen molar-refractivity contribution in [2.45, 2.75) is 13.5 Å². The Bertz CT molecular complexity index is 819. The van der Waals surface area contributed by atoms with E-state index in [1.54, 1.807) is 18.2 Å². The van der Waals surface area contributed by atoms with Gasteiger partial charge in [0.2, 0.25) is 0 Å². The molecule has 0 radical (unpaired) electrons. The third-order valence-electron chi connectivity index (χ3n) is 3.47. The number of hydrogen-bond donors (Lipinski definition) is 0. The van der Waals surface area contributed by atoms with E-state index in [-0.39, 0.29) is 0 Å². The molecule has 0 saturated heterocycles. The monoisotopic (exact) mass is 318 g/mol. The number of aryl methyl sites for hydroxylation is 1. The van der Waals surface area contributed by atoms with E-state index in [0.717, 1.165) is 28.4 Å². The lowest BCUT2D eigenvalue weighted by Gasteiger charge is -2.08. The number of aldehydes is 1. The van der Waals surface area contributed by atoms with E-state index in [0.29, 0.717) is 22.2 Å². The number of benzene rings is 2. The van der Waals surface area contributed by atoms with Crippen LogP contribution in [0.15, 0.2) is 36.4 Å². The van der Waals surface area contributed by atoms with Crippen molar-refractivity contribution in [2.75, 3.05) is 0 Å². The molecule has 0 amide bonds. The van der Waals surface area contributed by atoms with Gasteiger partial charge in [0, 0.05) is 26.6 Å². The molecule has 0 aliphatic heterocycles. The number of fused-ring (bicyclic) bond motifs is 1. The quantitative estimate of drug-likeness (QED) is 0.666. The first-order valence-electron chi connectivity index (χ1n) is 6.45. The maximum atomic E-state index is 11.0. The zero-order valence-electron chi connectivity index (χ0n) is 11.3. The minimum Gasteiger partial charge on any atom is -0.298 e. The molecule has 0 bridgehead atoms. The molecule has 1 heterocycles. The molecule has 0 saturated carbocycles. The molecule has 3 aromatic rings. The zero-order chi connectivity index (χ0) is 15.0. The number of rotatable bonds is 3. The molecule has 3 rings (SSSR count). The van der Waals surface area contributed by atoms with Crippen molar-refractivity contribution in [3.05, 3.63) is 63.3 Å². The molecule has 0 atom stereocenters. The van der Waals surface area contributed by atoms with E-state index < -0.39 is 0 Å². The van der Waals surface area contributed by atoms with Gasteiger partial charge in [0.25, 0.3) is 0 Å². The van der Waals surface area contributed by atoms with Crippen LogP contribution in [0.1, 0.15) is 21.6 Å². The molecular weight excluding hydrogens is 307 g/mol. The molecule has 0 spiro atoms. The van der Waals surface area contributed by atoms with Crippen LogP contribution in [-0.4, -0.2) is 16.1 Å². The maximum Gasteiger partial charge on any atom is 0.150 e. The van der Waals surface area contributed by atoms with Crippen molar-refractivity contribution >= 4 is 40.4 Å². The first kappa shape index (κ1) is 14.1. The third-order valence-corrected chi connectivity index (χ3v) is 4.17. The number of nitrogens with zero attached hydrogens (tertiary/aromatic N) is 2. The van der Waals surface area contributed by atoms with Crippen molar-refractivity contribution in [3.8, 4) is 0 Å². The van der Waals surface area contributed by atoms with Crippen LogP contribution < -0.4 is 0 Å². The largest absolute Gasteiger partial charge is 0.298 e. The summed E-state index contributed by atoms with van der Waals surface area (Å²) in [6.07, 6.45) is 0.828. The molecule has 1 aromatic heterocycles. The standard InChI is InChI=1S/C16H12Cl2N2O/c1-10-12-6-5-11(9-21)7-16(12)20(19-10)8-13-14(17)3-2-4-15(13)18/h2-7,9H,8H2,1H3. The van der Waals surface area contributed by atoms with Gasteiger partial charge in [0.05, 0.1) is 17.8 Å². The normalized spacial score (nSPS) is 11.0. The van der Waals surface area contributed by atoms with Gasteiger partial charge in [-0.2, -0.15) is 5.10 Å². The molecule has 0 fully saturated rings. The Hall–Kier alpha value is -1.84. The lowest BCUT2D eigenvalue weighted by molar-refractivity contribution is 0.112. The summed E-state index contributed by atoms with van der Waals surface area (Å²) in [7, 11) is 0. The molecular formula is C16H12Cl2N2O. The number of aromatic nitrogens is 2. The second kappa shape index (κ2) is 5.51. The predicted octanol–water partition coefficient (Wildman–Crippen LogP) is 4.51. The molecule has 0 aliphatic rings. The summed E-state index contributed by atoms with van der Waals surface area (Å²) in [5.41, 5.74) is 3.24. The fourth-order valence-corrected chi connectivity index (χ4v) is 2.90. The molecule has 106 valence electrons. The number of hydrogen-bond acceptors (Lipinski definition) is 2. The minimum atomic E-state index is 0.463. The average molecular weight is 319 g/mol. The van der Waals surface area contributed by atoms with Gasteiger partial charge in [0.15, 0.2) is 0 Å². The van der Waals surface area contributed by atoms with Gasteiger partial charge < -0.3 is 0 Å². The van der Waals surface area contributed by atoms with E-state index in [9.17, 15) is 4.79 Å². The molecule has 3 nitrogen and oxygen atoms in total. The van der Waals surface area contributed by atoms with E-state index in [1.807, 2.05) is 29.8 Å². The number of carbonyl (C=O) groups excluding carboxylic acids is 1. The average Bonchev–Trinajstić information content (AvgIpc) is 2.79. The predicted molar refractivity (Wildman–Crippen MR) is 85.4 cm³/mol. The Morgan fingerprint density at radius 2 is 1.90 bits per heavy atom. The molecule has 0 aliphatic carbocycles. The highest BCUT2D eigenvalue weighted by molar-refractivity contribution is 6.36. The summed E-state index contributed by atoms with van der Waals surface area (Å²) >= 11 is 12.4. The highest BCUT2D eigenvalue weighted by Gasteiger charge is 2.12. The fourth-order valence-electron chi connectivity index (χ4n) is 2.38. The first-order valence-corrected chi connectivity index (χ1v) is 7.21. The smallest absolute Gasteiger partial charge is 0.150 e. The van der Waals surface area contributed by atoms with Crippen LogP contribution in [0.5, 0.6) is 0 Å². The summed E-state index contributed by atoms with van der Waals surface area (Å²) < 4.78 is 1.82. The summed E-state index contributed by atoms with van der Waals surface area (Å²) in [4.78, 5) is 11.0. The Balaban J connectivity index is 2.14. The van der Waals surface area contributed by atoms with E-state index >= 15 is 0 Å². The van der Waals surface area contributed by atoms with Crippen molar-refractivity contribution in [3.63, 3.8) is 0 Å². The molecule has 0 N–H and O–H groups in total. The van der Waals surface area contributed by atoms with Crippen LogP contribution in [0.2, 0.25) is 10.0 Å². The lowest BCUT2D eigenvalue weighted by Crippen LogP contribution is -2.03. The van der Waals surface area contributed by atoms with Gasteiger partial charge in [-0.3, -0.25) is 9.48 Å². The van der Waals surface area contributed by atoms with Gasteiger partial charge in [-0.05, 0) is 25.1 Å². The van der Waals surface area contributed by atoms with Gasteiger partial charge >= 0.3 is 0 Å². The first-order chi connectivity index (χ1) is 10.1. The Morgan fingerprint density at radius 3 is 2.57 bits per heavy atom. The second-order valence-corrected chi connectivity index (χ2v) is 5.65. The number of halogens is 2. The van der Waals surface area contributed by atoms with Crippen molar-refractivity contribution in [1.82, 2.24) is 9.78 Å². The Kier molecular flexibility index (Phi) is 3.70. The molecule has 21 heavy (non-hydrogen) atoms. The van der Waals surface area contributed by atoms with Crippen molar-refractivity contribution in [2.24, 2.45) is 0 Å². The highest BCUT2D eigenvalue weighted by Crippen LogP contribution is 2.27. The van der Waals surface area contributed by atoms with Crippen molar-refractivity contribution < 1.29 is 4.79 Å². The molecule has 5 heteroatoms. The van der Waals surface area contributed by atoms with Crippen LogP contribution in [0, 0.1) is 6.92 Å². The summed E-state index contributed by atoms with van der Waals surface area (Å²) in [6, 6.07) is 10.9. The summed E-state index contributed by atoms with van der Waals surface area (Å²) in [6.45, 7) is 2.40. The van der Waals surface area contributed by atoms with Gasteiger partial charge in [-0.1, -0.05) is 41.4 Å². The van der Waals surface area contributed by atoms with Crippen molar-refractivity contribution in [1.29, 1.82) is 0 Å². The van der Waals surface area contributed by atoms with Gasteiger partial charge in [-0.15, -0.1) is 0 Å². The Labute approximate surface area is 132 Å². The minimum absolute atomic E-state index is 0.463. The fraction of sp³-hybridized carbons (Fsp3) is 0.125. The highest BCUT2D eigenvalue weighted by atomic mass is 35.5.